The third-order valence-electron chi connectivity index (χ3n) is 5.55. The molecule has 0 amide bonds. The topological polar surface area (TPSA) is 17.8 Å². The lowest BCUT2D eigenvalue weighted by Crippen LogP contribution is -2.33. The van der Waals surface area contributed by atoms with Crippen molar-refractivity contribution in [3.05, 3.63) is 59.9 Å². The highest BCUT2D eigenvalue weighted by molar-refractivity contribution is 5.80. The fourth-order valence-corrected chi connectivity index (χ4v) is 3.86. The predicted molar refractivity (Wildman–Crippen MR) is 119 cm³/mol. The van der Waals surface area contributed by atoms with E-state index in [0.29, 0.717) is 0 Å². The average molecular weight is 365 g/mol. The normalized spacial score (nSPS) is 16.4. The van der Waals surface area contributed by atoms with Crippen LogP contribution in [0.5, 0.6) is 0 Å². The summed E-state index contributed by atoms with van der Waals surface area (Å²) >= 11 is 0. The zero-order chi connectivity index (χ0) is 20.2. The highest BCUT2D eigenvalue weighted by atomic mass is 15.0. The first-order valence-corrected chi connectivity index (χ1v) is 10.5. The molecule has 0 saturated heterocycles. The summed E-state index contributed by atoms with van der Waals surface area (Å²) in [5, 5.41) is 0. The number of fused-ring (bicyclic) bond motifs is 2. The summed E-state index contributed by atoms with van der Waals surface area (Å²) in [5.41, 5.74) is 6.89. The zero-order valence-electron chi connectivity index (χ0n) is 18.4. The van der Waals surface area contributed by atoms with Gasteiger partial charge in [-0.05, 0) is 59.1 Å². The summed E-state index contributed by atoms with van der Waals surface area (Å²) in [7, 11) is 0. The van der Waals surface area contributed by atoms with Gasteiger partial charge in [0.15, 0.2) is 0 Å². The summed E-state index contributed by atoms with van der Waals surface area (Å²) in [6.07, 6.45) is 4.42. The quantitative estimate of drug-likeness (QED) is 0.439. The van der Waals surface area contributed by atoms with Crippen molar-refractivity contribution >= 4 is 11.0 Å². The van der Waals surface area contributed by atoms with Gasteiger partial charge in [-0.3, -0.25) is 4.57 Å². The molecular weight excluding hydrogens is 328 g/mol. The van der Waals surface area contributed by atoms with Crippen LogP contribution in [-0.2, 0) is 10.8 Å². The molecular formula is C25H36N2. The maximum absolute atomic E-state index is 4.68. The highest BCUT2D eigenvalue weighted by Crippen LogP contribution is 2.46. The van der Waals surface area contributed by atoms with Crippen LogP contribution in [0.2, 0.25) is 0 Å². The molecule has 2 nitrogen and oxygen atoms in total. The van der Waals surface area contributed by atoms with Crippen molar-refractivity contribution in [2.24, 2.45) is 0 Å². The van der Waals surface area contributed by atoms with Crippen molar-refractivity contribution in [1.29, 1.82) is 0 Å². The molecule has 1 heterocycles. The fourth-order valence-electron chi connectivity index (χ4n) is 3.86. The number of benzene rings is 2. The molecule has 0 saturated carbocycles. The molecule has 3 aromatic rings. The molecule has 0 fully saturated rings. The van der Waals surface area contributed by atoms with Crippen molar-refractivity contribution in [1.82, 2.24) is 9.55 Å². The summed E-state index contributed by atoms with van der Waals surface area (Å²) in [6.45, 7) is 17.5. The third-order valence-corrected chi connectivity index (χ3v) is 5.55. The van der Waals surface area contributed by atoms with Crippen molar-refractivity contribution < 1.29 is 0 Å². The van der Waals surface area contributed by atoms with Crippen LogP contribution >= 0.6 is 0 Å². The monoisotopic (exact) mass is 364 g/mol. The van der Waals surface area contributed by atoms with Gasteiger partial charge in [0.25, 0.3) is 0 Å². The zero-order valence-corrected chi connectivity index (χ0v) is 18.4. The Kier molecular flexibility index (Phi) is 6.51. The maximum atomic E-state index is 4.68. The van der Waals surface area contributed by atoms with Crippen molar-refractivity contribution in [3.63, 3.8) is 0 Å². The first-order valence-electron chi connectivity index (χ1n) is 10.5. The Morgan fingerprint density at radius 2 is 1.30 bits per heavy atom. The summed E-state index contributed by atoms with van der Waals surface area (Å²) < 4.78 is 2.20. The van der Waals surface area contributed by atoms with Crippen molar-refractivity contribution in [3.8, 4) is 5.69 Å². The van der Waals surface area contributed by atoms with Gasteiger partial charge in [0.1, 0.15) is 6.33 Å². The minimum absolute atomic E-state index is 0.227. The molecule has 0 bridgehead atoms. The van der Waals surface area contributed by atoms with Crippen LogP contribution in [0.25, 0.3) is 16.7 Å². The number of rotatable bonds is 1. The first kappa shape index (κ1) is 21.2. The van der Waals surface area contributed by atoms with Gasteiger partial charge in [-0.1, -0.05) is 73.6 Å². The molecule has 0 spiro atoms. The lowest BCUT2D eigenvalue weighted by Gasteiger charge is -2.41. The third kappa shape index (κ3) is 3.95. The second-order valence-corrected chi connectivity index (χ2v) is 8.10. The Hall–Kier alpha value is -2.09. The van der Waals surface area contributed by atoms with Crippen LogP contribution in [0, 0.1) is 0 Å². The second kappa shape index (κ2) is 8.29. The fraction of sp³-hybridized carbons (Fsp3) is 0.480. The highest BCUT2D eigenvalue weighted by Gasteiger charge is 2.37. The number of hydrogen-bond donors (Lipinski definition) is 0. The molecule has 0 N–H and O–H groups in total. The smallest absolute Gasteiger partial charge is 0.100 e. The Balaban J connectivity index is 0.000000614. The summed E-state index contributed by atoms with van der Waals surface area (Å²) in [4.78, 5) is 4.68. The van der Waals surface area contributed by atoms with Crippen LogP contribution in [0.3, 0.4) is 0 Å². The van der Waals surface area contributed by atoms with Crippen LogP contribution < -0.4 is 0 Å². The van der Waals surface area contributed by atoms with E-state index >= 15 is 0 Å². The van der Waals surface area contributed by atoms with E-state index in [2.05, 4.69) is 79.7 Å². The lowest BCUT2D eigenvalue weighted by molar-refractivity contribution is 0.332. The number of aromatic nitrogens is 2. The molecule has 0 unspecified atom stereocenters. The largest absolute Gasteiger partial charge is 0.299 e. The Morgan fingerprint density at radius 1 is 0.778 bits per heavy atom. The molecule has 2 aromatic carbocycles. The van der Waals surface area contributed by atoms with Gasteiger partial charge >= 0.3 is 0 Å². The molecule has 1 aliphatic rings. The standard InChI is InChI=1S/C21H24N2.2C2H6/c1-20(2)10-11-21(3,4)17-13-19-18(12-16(17)20)22-14-23(19)15-8-6-5-7-9-15;2*1-2/h5-9,12-14H,10-11H2,1-4H3;2*1-2H3. The van der Waals surface area contributed by atoms with Crippen molar-refractivity contribution in [2.45, 2.75) is 79.1 Å². The van der Waals surface area contributed by atoms with Crippen LogP contribution in [0.1, 0.15) is 79.4 Å². The molecule has 0 radical (unpaired) electrons. The predicted octanol–water partition coefficient (Wildman–Crippen LogP) is 7.43. The van der Waals surface area contributed by atoms with E-state index in [1.165, 1.54) is 35.2 Å². The molecule has 0 atom stereocenters. The number of para-hydroxylation sites is 1. The van der Waals surface area contributed by atoms with Crippen molar-refractivity contribution in [2.75, 3.05) is 0 Å². The minimum atomic E-state index is 0.227. The van der Waals surface area contributed by atoms with E-state index in [0.717, 1.165) is 5.52 Å². The Morgan fingerprint density at radius 3 is 1.85 bits per heavy atom. The maximum Gasteiger partial charge on any atom is 0.100 e. The molecule has 4 rings (SSSR count). The van der Waals surface area contributed by atoms with Crippen LogP contribution in [0.15, 0.2) is 48.8 Å². The SMILES string of the molecule is CC.CC.CC1(C)CCC(C)(C)c2cc3c(cc21)ncn3-c1ccccc1. The van der Waals surface area contributed by atoms with Crippen LogP contribution in [-0.4, -0.2) is 9.55 Å². The Labute approximate surface area is 165 Å². The van der Waals surface area contributed by atoms with E-state index in [-0.39, 0.29) is 10.8 Å². The summed E-state index contributed by atoms with van der Waals surface area (Å²) in [6, 6.07) is 15.2. The molecule has 0 aliphatic heterocycles. The Bertz CT molecular complexity index is 870. The molecule has 1 aromatic heterocycles. The molecule has 1 aliphatic carbocycles. The van der Waals surface area contributed by atoms with E-state index in [9.17, 15) is 0 Å². The van der Waals surface area contributed by atoms with Gasteiger partial charge < -0.3 is 0 Å². The van der Waals surface area contributed by atoms with Gasteiger partial charge in [-0.25, -0.2) is 4.98 Å². The number of imidazole rings is 1. The first-order chi connectivity index (χ1) is 12.9. The average Bonchev–Trinajstić information content (AvgIpc) is 3.12. The molecule has 27 heavy (non-hydrogen) atoms. The van der Waals surface area contributed by atoms with Gasteiger partial charge in [0, 0.05) is 5.69 Å². The van der Waals surface area contributed by atoms with E-state index in [4.69, 9.17) is 0 Å². The van der Waals surface area contributed by atoms with Gasteiger partial charge in [0.2, 0.25) is 0 Å². The van der Waals surface area contributed by atoms with E-state index in [1.54, 1.807) is 0 Å². The van der Waals surface area contributed by atoms with Gasteiger partial charge in [0.05, 0.1) is 11.0 Å². The van der Waals surface area contributed by atoms with Gasteiger partial charge in [-0.15, -0.1) is 0 Å². The van der Waals surface area contributed by atoms with Gasteiger partial charge in [-0.2, -0.15) is 0 Å². The summed E-state index contributed by atoms with van der Waals surface area (Å²) in [5.74, 6) is 0. The lowest BCUT2D eigenvalue weighted by atomic mass is 9.63. The molecule has 2 heteroatoms. The second-order valence-electron chi connectivity index (χ2n) is 8.10. The van der Waals surface area contributed by atoms with E-state index in [1.807, 2.05) is 34.0 Å². The number of hydrogen-bond acceptors (Lipinski definition) is 1. The van der Waals surface area contributed by atoms with Crippen LogP contribution in [0.4, 0.5) is 0 Å². The number of nitrogens with zero attached hydrogens (tertiary/aromatic N) is 2. The molecule has 146 valence electrons. The van der Waals surface area contributed by atoms with E-state index < -0.39 is 0 Å². The minimum Gasteiger partial charge on any atom is -0.299 e.